The van der Waals surface area contributed by atoms with Crippen LogP contribution >= 0.6 is 0 Å². The van der Waals surface area contributed by atoms with Crippen LogP contribution in [0.1, 0.15) is 65.7 Å². The van der Waals surface area contributed by atoms with Crippen LogP contribution in [0.4, 0.5) is 0 Å². The maximum Gasteiger partial charge on any atom is 0.105 e. The van der Waals surface area contributed by atoms with E-state index in [0.29, 0.717) is 5.54 Å². The summed E-state index contributed by atoms with van der Waals surface area (Å²) in [7, 11) is 2.51. The van der Waals surface area contributed by atoms with Gasteiger partial charge >= 0.3 is 0 Å². The van der Waals surface area contributed by atoms with Gasteiger partial charge in [-0.1, -0.05) is 58.7 Å². The molecule has 4 unspecified atom stereocenters. The first kappa shape index (κ1) is 16.8. The summed E-state index contributed by atoms with van der Waals surface area (Å²) < 4.78 is 5.78. The predicted octanol–water partition coefficient (Wildman–Crippen LogP) is 3.51. The van der Waals surface area contributed by atoms with Crippen molar-refractivity contribution in [3.05, 3.63) is 0 Å². The molecule has 4 atom stereocenters. The fourth-order valence-corrected chi connectivity index (χ4v) is 5.88. The zero-order chi connectivity index (χ0) is 15.7. The molecule has 3 fully saturated rings. The molecule has 2 aliphatic heterocycles. The molecule has 0 N–H and O–H groups in total. The smallest absolute Gasteiger partial charge is 0.105 e. The second-order valence-corrected chi connectivity index (χ2v) is 8.83. The van der Waals surface area contributed by atoms with E-state index in [9.17, 15) is 0 Å². The Morgan fingerprint density at radius 2 is 1.91 bits per heavy atom. The summed E-state index contributed by atoms with van der Waals surface area (Å²) in [5.74, 6) is 3.50. The van der Waals surface area contributed by atoms with Gasteiger partial charge in [0.2, 0.25) is 0 Å². The Balaban J connectivity index is 1.89. The van der Waals surface area contributed by atoms with Crippen molar-refractivity contribution < 1.29 is 4.74 Å². The standard InChI is InChI=1S/C19H36BNO/c1-4-21-18-9-7-5-6-8-15(20)11-16(18)17(10-14(2)3)19(21)12-22-13-19/h14-18H,4-13,20H2,1-3H3. The van der Waals surface area contributed by atoms with E-state index in [2.05, 4.69) is 33.5 Å². The van der Waals surface area contributed by atoms with E-state index in [-0.39, 0.29) is 0 Å². The number of hydrogen-bond acceptors (Lipinski definition) is 2. The molecule has 0 aromatic rings. The maximum atomic E-state index is 5.78. The molecule has 0 bridgehead atoms. The average molecular weight is 305 g/mol. The first-order valence-corrected chi connectivity index (χ1v) is 9.93. The summed E-state index contributed by atoms with van der Waals surface area (Å²) in [6.07, 6.45) is 10.1. The van der Waals surface area contributed by atoms with Gasteiger partial charge < -0.3 is 4.74 Å². The molecule has 0 aromatic carbocycles. The Kier molecular flexibility index (Phi) is 5.24. The van der Waals surface area contributed by atoms with Gasteiger partial charge in [-0.05, 0) is 37.1 Å². The van der Waals surface area contributed by atoms with E-state index in [4.69, 9.17) is 4.74 Å². The first-order valence-electron chi connectivity index (χ1n) is 9.93. The van der Waals surface area contributed by atoms with Crippen molar-refractivity contribution in [1.29, 1.82) is 0 Å². The number of hydrogen-bond donors (Lipinski definition) is 0. The number of likely N-dealkylation sites (N-methyl/N-ethyl adjacent to an activating group) is 1. The molecule has 3 heteroatoms. The molecule has 3 aliphatic rings. The van der Waals surface area contributed by atoms with Gasteiger partial charge in [0.25, 0.3) is 0 Å². The zero-order valence-electron chi connectivity index (χ0n) is 15.3. The van der Waals surface area contributed by atoms with Crippen molar-refractivity contribution in [2.75, 3.05) is 19.8 Å². The lowest BCUT2D eigenvalue weighted by Gasteiger charge is -2.50. The van der Waals surface area contributed by atoms with Crippen molar-refractivity contribution in [2.45, 2.75) is 83.1 Å². The molecule has 3 rings (SSSR count). The molecule has 1 saturated carbocycles. The average Bonchev–Trinajstić information content (AvgIpc) is 2.71. The van der Waals surface area contributed by atoms with E-state index in [0.717, 1.165) is 42.8 Å². The van der Waals surface area contributed by atoms with E-state index >= 15 is 0 Å². The molecule has 22 heavy (non-hydrogen) atoms. The Morgan fingerprint density at radius 3 is 2.50 bits per heavy atom. The quantitative estimate of drug-likeness (QED) is 0.740. The van der Waals surface area contributed by atoms with Gasteiger partial charge in [-0.3, -0.25) is 4.90 Å². The summed E-state index contributed by atoms with van der Waals surface area (Å²) in [6.45, 7) is 10.4. The minimum Gasteiger partial charge on any atom is -0.377 e. The fraction of sp³-hybridized carbons (Fsp3) is 1.00. The molecule has 2 saturated heterocycles. The van der Waals surface area contributed by atoms with E-state index in [1.165, 1.54) is 51.5 Å². The number of ether oxygens (including phenoxy) is 1. The van der Waals surface area contributed by atoms with Crippen molar-refractivity contribution >= 4 is 7.85 Å². The minimum atomic E-state index is 0.396. The third-order valence-corrected chi connectivity index (χ3v) is 6.81. The topological polar surface area (TPSA) is 12.5 Å². The zero-order valence-corrected chi connectivity index (χ0v) is 15.3. The fourth-order valence-electron chi connectivity index (χ4n) is 5.88. The van der Waals surface area contributed by atoms with Crippen molar-refractivity contribution in [1.82, 2.24) is 4.90 Å². The van der Waals surface area contributed by atoms with Gasteiger partial charge in [0.15, 0.2) is 0 Å². The highest BCUT2D eigenvalue weighted by Gasteiger charge is 2.60. The third-order valence-electron chi connectivity index (χ3n) is 6.81. The Hall–Kier alpha value is -0.0151. The van der Waals surface area contributed by atoms with Gasteiger partial charge in [0.05, 0.1) is 18.8 Å². The maximum absolute atomic E-state index is 5.78. The van der Waals surface area contributed by atoms with Gasteiger partial charge in [-0.25, -0.2) is 0 Å². The lowest BCUT2D eigenvalue weighted by Crippen LogP contribution is -2.63. The van der Waals surface area contributed by atoms with Crippen LogP contribution < -0.4 is 0 Å². The van der Waals surface area contributed by atoms with Crippen LogP contribution in [0.25, 0.3) is 0 Å². The summed E-state index contributed by atoms with van der Waals surface area (Å²) >= 11 is 0. The monoisotopic (exact) mass is 305 g/mol. The molecule has 2 heterocycles. The normalized spacial score (nSPS) is 39.1. The van der Waals surface area contributed by atoms with E-state index < -0.39 is 0 Å². The number of fused-ring (bicyclic) bond motifs is 1. The Bertz CT molecular complexity index is 368. The summed E-state index contributed by atoms with van der Waals surface area (Å²) in [5.41, 5.74) is 0.396. The van der Waals surface area contributed by atoms with Gasteiger partial charge in [-0.15, -0.1) is 0 Å². The Morgan fingerprint density at radius 1 is 1.18 bits per heavy atom. The van der Waals surface area contributed by atoms with Crippen LogP contribution in [-0.2, 0) is 4.74 Å². The van der Waals surface area contributed by atoms with Gasteiger partial charge in [0.1, 0.15) is 7.85 Å². The second-order valence-electron chi connectivity index (χ2n) is 8.83. The van der Waals surface area contributed by atoms with Crippen LogP contribution in [-0.4, -0.2) is 44.1 Å². The van der Waals surface area contributed by atoms with Crippen molar-refractivity contribution in [3.8, 4) is 0 Å². The van der Waals surface area contributed by atoms with E-state index in [1.807, 2.05) is 0 Å². The molecular weight excluding hydrogens is 269 g/mol. The number of rotatable bonds is 3. The summed E-state index contributed by atoms with van der Waals surface area (Å²) in [4.78, 5) is 2.90. The third kappa shape index (κ3) is 2.88. The molecule has 0 aromatic heterocycles. The number of nitrogens with zero attached hydrogens (tertiary/aromatic N) is 1. The molecular formula is C19H36BNO. The largest absolute Gasteiger partial charge is 0.377 e. The number of likely N-dealkylation sites (tertiary alicyclic amines) is 1. The van der Waals surface area contributed by atoms with Crippen LogP contribution in [0.2, 0.25) is 5.82 Å². The molecule has 1 aliphatic carbocycles. The highest BCUT2D eigenvalue weighted by atomic mass is 16.5. The molecule has 1 spiro atoms. The van der Waals surface area contributed by atoms with Crippen LogP contribution in [0.5, 0.6) is 0 Å². The summed E-state index contributed by atoms with van der Waals surface area (Å²) in [6, 6.07) is 0.832. The lowest BCUT2D eigenvalue weighted by molar-refractivity contribution is -0.151. The molecule has 126 valence electrons. The molecule has 0 amide bonds. The van der Waals surface area contributed by atoms with Crippen LogP contribution in [0, 0.1) is 17.8 Å². The second kappa shape index (κ2) is 6.85. The van der Waals surface area contributed by atoms with E-state index in [1.54, 1.807) is 0 Å². The molecule has 0 radical (unpaired) electrons. The van der Waals surface area contributed by atoms with Crippen molar-refractivity contribution in [2.24, 2.45) is 17.8 Å². The first-order chi connectivity index (χ1) is 10.6. The minimum absolute atomic E-state index is 0.396. The highest BCUT2D eigenvalue weighted by Crippen LogP contribution is 2.53. The predicted molar refractivity (Wildman–Crippen MR) is 96.1 cm³/mol. The summed E-state index contributed by atoms with van der Waals surface area (Å²) in [5, 5.41) is 0. The van der Waals surface area contributed by atoms with Gasteiger partial charge in [0, 0.05) is 6.04 Å². The molecule has 2 nitrogen and oxygen atoms in total. The van der Waals surface area contributed by atoms with Gasteiger partial charge in [-0.2, -0.15) is 0 Å². The van der Waals surface area contributed by atoms with Crippen molar-refractivity contribution in [3.63, 3.8) is 0 Å². The lowest BCUT2D eigenvalue weighted by atomic mass is 9.67. The Labute approximate surface area is 138 Å². The highest BCUT2D eigenvalue weighted by molar-refractivity contribution is 6.11. The SMILES string of the molecule is BC1CCCCCC2C(C1)C(CC(C)C)C1(COC1)N2CC. The van der Waals surface area contributed by atoms with Crippen LogP contribution in [0.15, 0.2) is 0 Å². The van der Waals surface area contributed by atoms with Crippen LogP contribution in [0.3, 0.4) is 0 Å².